The van der Waals surface area contributed by atoms with Crippen molar-refractivity contribution >= 4 is 29.9 Å². The monoisotopic (exact) mass is 449 g/mol. The number of aliphatic imine (C=N–C) groups is 1. The fraction of sp³-hybridized carbons (Fsp3) is 0.588. The van der Waals surface area contributed by atoms with Crippen LogP contribution in [-0.2, 0) is 11.2 Å². The summed E-state index contributed by atoms with van der Waals surface area (Å²) in [4.78, 5) is 4.68. The zero-order valence-electron chi connectivity index (χ0n) is 14.0. The lowest BCUT2D eigenvalue weighted by Crippen LogP contribution is -2.40. The number of hydrogen-bond acceptors (Lipinski definition) is 4. The predicted octanol–water partition coefficient (Wildman–Crippen LogP) is 1.95. The summed E-state index contributed by atoms with van der Waals surface area (Å²) in [7, 11) is 0. The van der Waals surface area contributed by atoms with Crippen molar-refractivity contribution in [3.05, 3.63) is 36.8 Å². The minimum atomic E-state index is -0.0431. The summed E-state index contributed by atoms with van der Waals surface area (Å²) in [6.07, 6.45) is 5.94. The molecule has 0 saturated carbocycles. The standard InChI is InChI=1S/C17H27N3O3.HI/c1-2-8-18-16(19-9-5-15-4-3-11-23-15)20-13-17(6-10-21)7-12-22-14-17;/h2-4,11,21H,1,5-10,12-14H2,(H2,18,19,20);1H. The average molecular weight is 449 g/mol. The molecule has 1 aromatic rings. The van der Waals surface area contributed by atoms with E-state index in [-0.39, 0.29) is 36.0 Å². The van der Waals surface area contributed by atoms with Gasteiger partial charge in [-0.15, -0.1) is 30.6 Å². The third-order valence-electron chi connectivity index (χ3n) is 4.06. The molecule has 3 N–H and O–H groups in total. The van der Waals surface area contributed by atoms with Crippen LogP contribution in [0.1, 0.15) is 18.6 Å². The Bertz CT molecular complexity index is 485. The first kappa shape index (κ1) is 21.0. The van der Waals surface area contributed by atoms with Gasteiger partial charge in [0, 0.05) is 38.1 Å². The van der Waals surface area contributed by atoms with Gasteiger partial charge in [0.25, 0.3) is 0 Å². The maximum Gasteiger partial charge on any atom is 0.191 e. The van der Waals surface area contributed by atoms with E-state index in [4.69, 9.17) is 9.15 Å². The molecular formula is C17H28IN3O3. The highest BCUT2D eigenvalue weighted by Gasteiger charge is 2.34. The van der Waals surface area contributed by atoms with E-state index >= 15 is 0 Å². The van der Waals surface area contributed by atoms with Crippen LogP contribution in [0.5, 0.6) is 0 Å². The number of guanidine groups is 1. The molecule has 2 heterocycles. The second-order valence-electron chi connectivity index (χ2n) is 5.87. The first-order valence-electron chi connectivity index (χ1n) is 8.12. The number of hydrogen-bond donors (Lipinski definition) is 3. The van der Waals surface area contributed by atoms with Crippen molar-refractivity contribution in [1.29, 1.82) is 0 Å². The van der Waals surface area contributed by atoms with Crippen LogP contribution < -0.4 is 10.6 Å². The Kier molecular flexibility index (Phi) is 10.0. The molecular weight excluding hydrogens is 421 g/mol. The summed E-state index contributed by atoms with van der Waals surface area (Å²) >= 11 is 0. The van der Waals surface area contributed by atoms with E-state index < -0.39 is 0 Å². The van der Waals surface area contributed by atoms with Crippen LogP contribution in [0, 0.1) is 5.41 Å². The topological polar surface area (TPSA) is 79.0 Å². The first-order chi connectivity index (χ1) is 11.3. The summed E-state index contributed by atoms with van der Waals surface area (Å²) in [6, 6.07) is 3.85. The molecule has 136 valence electrons. The Balaban J connectivity index is 0.00000288. The molecule has 0 radical (unpaired) electrons. The van der Waals surface area contributed by atoms with E-state index in [2.05, 4.69) is 22.2 Å². The van der Waals surface area contributed by atoms with E-state index in [0.29, 0.717) is 19.7 Å². The Morgan fingerprint density at radius 1 is 1.46 bits per heavy atom. The summed E-state index contributed by atoms with van der Waals surface area (Å²) in [6.45, 7) is 7.32. The number of aliphatic hydroxyl groups excluding tert-OH is 1. The molecule has 6 nitrogen and oxygen atoms in total. The SMILES string of the molecule is C=CCNC(=NCC1(CCO)CCOC1)NCCc1ccco1.I. The lowest BCUT2D eigenvalue weighted by Gasteiger charge is -2.24. The van der Waals surface area contributed by atoms with E-state index in [1.807, 2.05) is 12.1 Å². The highest BCUT2D eigenvalue weighted by atomic mass is 127. The van der Waals surface area contributed by atoms with Crippen molar-refractivity contribution in [2.45, 2.75) is 19.3 Å². The molecule has 1 saturated heterocycles. The molecule has 0 aromatic carbocycles. The lowest BCUT2D eigenvalue weighted by atomic mass is 9.84. The Morgan fingerprint density at radius 3 is 2.96 bits per heavy atom. The molecule has 0 bridgehead atoms. The molecule has 1 aliphatic rings. The van der Waals surface area contributed by atoms with Crippen LogP contribution in [0.3, 0.4) is 0 Å². The van der Waals surface area contributed by atoms with Gasteiger partial charge in [-0.2, -0.15) is 0 Å². The van der Waals surface area contributed by atoms with Crippen molar-refractivity contribution in [2.24, 2.45) is 10.4 Å². The fourth-order valence-corrected chi connectivity index (χ4v) is 2.64. The van der Waals surface area contributed by atoms with Crippen molar-refractivity contribution in [1.82, 2.24) is 10.6 Å². The molecule has 2 rings (SSSR count). The molecule has 0 aliphatic carbocycles. The van der Waals surface area contributed by atoms with Gasteiger partial charge >= 0.3 is 0 Å². The van der Waals surface area contributed by atoms with Gasteiger partial charge in [0.15, 0.2) is 5.96 Å². The molecule has 1 aromatic heterocycles. The zero-order chi connectivity index (χ0) is 16.4. The minimum absolute atomic E-state index is 0. The first-order valence-corrected chi connectivity index (χ1v) is 8.12. The Labute approximate surface area is 160 Å². The van der Waals surface area contributed by atoms with Crippen molar-refractivity contribution in [3.8, 4) is 0 Å². The van der Waals surface area contributed by atoms with Crippen molar-refractivity contribution < 1.29 is 14.3 Å². The van der Waals surface area contributed by atoms with Gasteiger partial charge in [-0.3, -0.25) is 4.99 Å². The number of rotatable bonds is 9. The zero-order valence-corrected chi connectivity index (χ0v) is 16.3. The highest BCUT2D eigenvalue weighted by Crippen LogP contribution is 2.32. The molecule has 7 heteroatoms. The second kappa shape index (κ2) is 11.5. The van der Waals surface area contributed by atoms with E-state index in [1.54, 1.807) is 12.3 Å². The molecule has 0 spiro atoms. The highest BCUT2D eigenvalue weighted by molar-refractivity contribution is 14.0. The van der Waals surface area contributed by atoms with Crippen LogP contribution in [0.15, 0.2) is 40.5 Å². The van der Waals surface area contributed by atoms with Crippen LogP contribution in [0.25, 0.3) is 0 Å². The van der Waals surface area contributed by atoms with Crippen LogP contribution in [-0.4, -0.2) is 50.5 Å². The van der Waals surface area contributed by atoms with Gasteiger partial charge in [0.05, 0.1) is 19.4 Å². The summed E-state index contributed by atoms with van der Waals surface area (Å²) < 4.78 is 10.8. The van der Waals surface area contributed by atoms with Gasteiger partial charge < -0.3 is 24.9 Å². The summed E-state index contributed by atoms with van der Waals surface area (Å²) in [5, 5.41) is 15.8. The van der Waals surface area contributed by atoms with Gasteiger partial charge in [0.1, 0.15) is 5.76 Å². The quantitative estimate of drug-likeness (QED) is 0.233. The maximum atomic E-state index is 9.29. The minimum Gasteiger partial charge on any atom is -0.469 e. The maximum absolute atomic E-state index is 9.29. The third kappa shape index (κ3) is 6.82. The normalized spacial score (nSPS) is 20.5. The number of aliphatic hydroxyl groups is 1. The van der Waals surface area contributed by atoms with Gasteiger partial charge in [-0.25, -0.2) is 0 Å². The van der Waals surface area contributed by atoms with Crippen molar-refractivity contribution in [3.63, 3.8) is 0 Å². The van der Waals surface area contributed by atoms with Gasteiger partial charge in [-0.05, 0) is 25.0 Å². The second-order valence-corrected chi connectivity index (χ2v) is 5.87. The molecule has 1 fully saturated rings. The van der Waals surface area contributed by atoms with Gasteiger partial charge in [-0.1, -0.05) is 6.08 Å². The van der Waals surface area contributed by atoms with Gasteiger partial charge in [0.2, 0.25) is 0 Å². The number of furan rings is 1. The van der Waals surface area contributed by atoms with E-state index in [1.165, 1.54) is 0 Å². The summed E-state index contributed by atoms with van der Waals surface area (Å²) in [5.74, 6) is 1.70. The molecule has 1 atom stereocenters. The fourth-order valence-electron chi connectivity index (χ4n) is 2.64. The number of nitrogens with one attached hydrogen (secondary N) is 2. The summed E-state index contributed by atoms with van der Waals surface area (Å²) in [5.41, 5.74) is -0.0431. The molecule has 0 amide bonds. The molecule has 1 unspecified atom stereocenters. The average Bonchev–Trinajstić information content (AvgIpc) is 3.22. The van der Waals surface area contributed by atoms with Crippen molar-refractivity contribution in [2.75, 3.05) is 39.5 Å². The third-order valence-corrected chi connectivity index (χ3v) is 4.06. The Morgan fingerprint density at radius 2 is 2.33 bits per heavy atom. The predicted molar refractivity (Wildman–Crippen MR) is 106 cm³/mol. The van der Waals surface area contributed by atoms with E-state index in [9.17, 15) is 5.11 Å². The van der Waals surface area contributed by atoms with E-state index in [0.717, 1.165) is 44.1 Å². The molecule has 1 aliphatic heterocycles. The van der Waals surface area contributed by atoms with Crippen LogP contribution in [0.4, 0.5) is 0 Å². The smallest absolute Gasteiger partial charge is 0.191 e. The Hall–Kier alpha value is -1.06. The number of nitrogens with zero attached hydrogens (tertiary/aromatic N) is 1. The molecule has 24 heavy (non-hydrogen) atoms. The number of ether oxygens (including phenoxy) is 1. The van der Waals surface area contributed by atoms with Crippen LogP contribution in [0.2, 0.25) is 0 Å². The van der Waals surface area contributed by atoms with Crippen LogP contribution >= 0.6 is 24.0 Å². The number of halogens is 1. The lowest BCUT2D eigenvalue weighted by molar-refractivity contribution is 0.131. The largest absolute Gasteiger partial charge is 0.469 e.